The summed E-state index contributed by atoms with van der Waals surface area (Å²) in [5.74, 6) is 0.363. The number of aromatic nitrogens is 2. The average Bonchev–Trinajstić information content (AvgIpc) is 2.76. The lowest BCUT2D eigenvalue weighted by atomic mass is 10.0. The van der Waals surface area contributed by atoms with Crippen LogP contribution in [0.25, 0.3) is 0 Å². The Morgan fingerprint density at radius 1 is 1.33 bits per heavy atom. The summed E-state index contributed by atoms with van der Waals surface area (Å²) in [6.07, 6.45) is 0. The van der Waals surface area contributed by atoms with Gasteiger partial charge in [0.15, 0.2) is 0 Å². The van der Waals surface area contributed by atoms with Gasteiger partial charge in [-0.2, -0.15) is 0 Å². The molecule has 0 aliphatic carbocycles. The molecule has 0 aliphatic heterocycles. The molecule has 2 aromatic rings. The molecule has 1 amide bonds. The van der Waals surface area contributed by atoms with Gasteiger partial charge in [0, 0.05) is 12.6 Å². The van der Waals surface area contributed by atoms with Crippen LogP contribution in [0.3, 0.4) is 0 Å². The number of benzene rings is 1. The number of amides is 1. The predicted molar refractivity (Wildman–Crippen MR) is 67.5 cm³/mol. The summed E-state index contributed by atoms with van der Waals surface area (Å²) in [6, 6.07) is 7.69. The van der Waals surface area contributed by atoms with E-state index in [-0.39, 0.29) is 5.89 Å². The van der Waals surface area contributed by atoms with Crippen molar-refractivity contribution in [2.75, 3.05) is 5.32 Å². The van der Waals surface area contributed by atoms with Gasteiger partial charge < -0.3 is 9.73 Å². The van der Waals surface area contributed by atoms with Gasteiger partial charge in [-0.3, -0.25) is 4.79 Å². The Hall–Kier alpha value is -2.17. The van der Waals surface area contributed by atoms with E-state index in [1.165, 1.54) is 0 Å². The van der Waals surface area contributed by atoms with E-state index in [4.69, 9.17) is 4.42 Å². The molecule has 5 heteroatoms. The topological polar surface area (TPSA) is 68.0 Å². The number of nitrogens with one attached hydrogen (secondary N) is 1. The van der Waals surface area contributed by atoms with Crippen LogP contribution in [0.2, 0.25) is 0 Å². The highest BCUT2D eigenvalue weighted by molar-refractivity contribution is 6.00. The highest BCUT2D eigenvalue weighted by atomic mass is 16.4. The van der Waals surface area contributed by atoms with E-state index in [0.29, 0.717) is 11.8 Å². The third kappa shape index (κ3) is 2.74. The fourth-order valence-corrected chi connectivity index (χ4v) is 1.55. The zero-order valence-corrected chi connectivity index (χ0v) is 10.6. The van der Waals surface area contributed by atoms with E-state index in [1.54, 1.807) is 6.92 Å². The summed E-state index contributed by atoms with van der Waals surface area (Å²) in [5.41, 5.74) is 1.89. The number of rotatable bonds is 3. The average molecular weight is 245 g/mol. The summed E-state index contributed by atoms with van der Waals surface area (Å²) < 4.78 is 5.06. The van der Waals surface area contributed by atoms with Gasteiger partial charge >= 0.3 is 11.8 Å². The highest BCUT2D eigenvalue weighted by Crippen LogP contribution is 2.18. The molecule has 1 heterocycles. The summed E-state index contributed by atoms with van der Waals surface area (Å²) in [7, 11) is 0. The van der Waals surface area contributed by atoms with Crippen molar-refractivity contribution in [2.45, 2.75) is 26.7 Å². The molecule has 0 unspecified atom stereocenters. The van der Waals surface area contributed by atoms with Crippen LogP contribution in [-0.4, -0.2) is 16.1 Å². The van der Waals surface area contributed by atoms with E-state index in [0.717, 1.165) is 11.3 Å². The number of aryl methyl sites for hydroxylation is 1. The standard InChI is InChI=1S/C13H15N3O2/c1-8(2)10-5-4-6-11(7-10)14-12(17)13-16-15-9(3)18-13/h4-8H,1-3H3,(H,14,17). The molecule has 0 aliphatic rings. The predicted octanol–water partition coefficient (Wildman–Crippen LogP) is 2.75. The van der Waals surface area contributed by atoms with Gasteiger partial charge in [0.1, 0.15) is 0 Å². The van der Waals surface area contributed by atoms with Crippen LogP contribution in [0.1, 0.15) is 41.9 Å². The van der Waals surface area contributed by atoms with Crippen LogP contribution in [0.4, 0.5) is 5.69 Å². The molecule has 0 fully saturated rings. The van der Waals surface area contributed by atoms with Crippen molar-refractivity contribution in [1.82, 2.24) is 10.2 Å². The molecule has 94 valence electrons. The van der Waals surface area contributed by atoms with Crippen LogP contribution in [0, 0.1) is 6.92 Å². The zero-order chi connectivity index (χ0) is 13.1. The zero-order valence-electron chi connectivity index (χ0n) is 10.6. The van der Waals surface area contributed by atoms with Crippen molar-refractivity contribution >= 4 is 11.6 Å². The van der Waals surface area contributed by atoms with Gasteiger partial charge in [0.25, 0.3) is 0 Å². The van der Waals surface area contributed by atoms with Crippen LogP contribution < -0.4 is 5.32 Å². The summed E-state index contributed by atoms with van der Waals surface area (Å²) in [4.78, 5) is 11.8. The number of hydrogen-bond acceptors (Lipinski definition) is 4. The van der Waals surface area contributed by atoms with Crippen molar-refractivity contribution < 1.29 is 9.21 Å². The SMILES string of the molecule is Cc1nnc(C(=O)Nc2cccc(C(C)C)c2)o1. The molecular weight excluding hydrogens is 230 g/mol. The van der Waals surface area contributed by atoms with Crippen molar-refractivity contribution in [3.05, 3.63) is 41.6 Å². The van der Waals surface area contributed by atoms with Gasteiger partial charge in [-0.15, -0.1) is 10.2 Å². The van der Waals surface area contributed by atoms with Crippen molar-refractivity contribution in [2.24, 2.45) is 0 Å². The van der Waals surface area contributed by atoms with E-state index in [9.17, 15) is 4.79 Å². The third-order valence-electron chi connectivity index (χ3n) is 2.53. The second-order valence-corrected chi connectivity index (χ2v) is 4.36. The molecule has 2 rings (SSSR count). The molecule has 18 heavy (non-hydrogen) atoms. The van der Waals surface area contributed by atoms with Crippen molar-refractivity contribution in [3.8, 4) is 0 Å². The van der Waals surface area contributed by atoms with Crippen LogP contribution in [0.15, 0.2) is 28.7 Å². The van der Waals surface area contributed by atoms with Gasteiger partial charge in [0.05, 0.1) is 0 Å². The Kier molecular flexibility index (Phi) is 3.41. The fraction of sp³-hybridized carbons (Fsp3) is 0.308. The van der Waals surface area contributed by atoms with Gasteiger partial charge in [-0.1, -0.05) is 26.0 Å². The van der Waals surface area contributed by atoms with Crippen LogP contribution in [0.5, 0.6) is 0 Å². The van der Waals surface area contributed by atoms with E-state index >= 15 is 0 Å². The van der Waals surface area contributed by atoms with Crippen molar-refractivity contribution in [3.63, 3.8) is 0 Å². The van der Waals surface area contributed by atoms with Gasteiger partial charge in [-0.25, -0.2) is 0 Å². The lowest BCUT2D eigenvalue weighted by Crippen LogP contribution is -2.12. The second-order valence-electron chi connectivity index (χ2n) is 4.36. The van der Waals surface area contributed by atoms with Crippen LogP contribution in [-0.2, 0) is 0 Å². The molecule has 1 N–H and O–H groups in total. The van der Waals surface area contributed by atoms with Crippen LogP contribution >= 0.6 is 0 Å². The van der Waals surface area contributed by atoms with E-state index in [2.05, 4.69) is 29.4 Å². The molecule has 5 nitrogen and oxygen atoms in total. The number of hydrogen-bond donors (Lipinski definition) is 1. The Bertz CT molecular complexity index is 561. The fourth-order valence-electron chi connectivity index (χ4n) is 1.55. The maximum atomic E-state index is 11.8. The lowest BCUT2D eigenvalue weighted by Gasteiger charge is -2.08. The molecule has 0 saturated carbocycles. The summed E-state index contributed by atoms with van der Waals surface area (Å²) >= 11 is 0. The first-order valence-electron chi connectivity index (χ1n) is 5.77. The summed E-state index contributed by atoms with van der Waals surface area (Å²) in [5, 5.41) is 10.0. The Morgan fingerprint density at radius 3 is 2.72 bits per heavy atom. The molecule has 0 radical (unpaired) electrons. The molecular formula is C13H15N3O2. The summed E-state index contributed by atoms with van der Waals surface area (Å²) in [6.45, 7) is 5.84. The molecule has 1 aromatic carbocycles. The molecule has 0 spiro atoms. The quantitative estimate of drug-likeness (QED) is 0.902. The smallest absolute Gasteiger partial charge is 0.313 e. The molecule has 0 saturated heterocycles. The Labute approximate surface area is 105 Å². The molecule has 0 bridgehead atoms. The second kappa shape index (κ2) is 5.00. The monoisotopic (exact) mass is 245 g/mol. The largest absolute Gasteiger partial charge is 0.417 e. The first kappa shape index (κ1) is 12.3. The first-order chi connectivity index (χ1) is 8.56. The maximum absolute atomic E-state index is 11.8. The number of anilines is 1. The van der Waals surface area contributed by atoms with Crippen molar-refractivity contribution in [1.29, 1.82) is 0 Å². The molecule has 0 atom stereocenters. The highest BCUT2D eigenvalue weighted by Gasteiger charge is 2.13. The normalized spacial score (nSPS) is 10.7. The minimum absolute atomic E-state index is 0.0255. The maximum Gasteiger partial charge on any atom is 0.313 e. The third-order valence-corrected chi connectivity index (χ3v) is 2.53. The van der Waals surface area contributed by atoms with E-state index in [1.807, 2.05) is 24.3 Å². The van der Waals surface area contributed by atoms with Gasteiger partial charge in [-0.05, 0) is 23.6 Å². The Morgan fingerprint density at radius 2 is 2.11 bits per heavy atom. The van der Waals surface area contributed by atoms with E-state index < -0.39 is 5.91 Å². The Balaban J connectivity index is 2.14. The minimum atomic E-state index is -0.392. The number of carbonyl (C=O) groups excluding carboxylic acids is 1. The molecule has 1 aromatic heterocycles. The number of carbonyl (C=O) groups is 1. The number of nitrogens with zero attached hydrogens (tertiary/aromatic N) is 2. The minimum Gasteiger partial charge on any atom is -0.417 e. The lowest BCUT2D eigenvalue weighted by molar-refractivity contribution is 0.0989. The first-order valence-corrected chi connectivity index (χ1v) is 5.77. The van der Waals surface area contributed by atoms with Gasteiger partial charge in [0.2, 0.25) is 5.89 Å².